The molecule has 3 amide bonds. The Morgan fingerprint density at radius 2 is 1.88 bits per heavy atom. The van der Waals surface area contributed by atoms with E-state index < -0.39 is 0 Å². The first-order valence-electron chi connectivity index (χ1n) is 9.20. The van der Waals surface area contributed by atoms with Gasteiger partial charge in [0.15, 0.2) is 5.82 Å². The third kappa shape index (κ3) is 4.32. The Morgan fingerprint density at radius 1 is 1.15 bits per heavy atom. The molecule has 1 aromatic rings. The fourth-order valence-electron chi connectivity index (χ4n) is 3.63. The van der Waals surface area contributed by atoms with Crippen LogP contribution in [-0.2, 0) is 11.3 Å². The first kappa shape index (κ1) is 18.6. The molecule has 0 radical (unpaired) electrons. The molecule has 144 valence electrons. The highest BCUT2D eigenvalue weighted by atomic mass is 16.5. The Morgan fingerprint density at radius 3 is 2.50 bits per heavy atom. The molecule has 3 heterocycles. The van der Waals surface area contributed by atoms with Crippen LogP contribution in [0.25, 0.3) is 0 Å². The predicted octanol–water partition coefficient (Wildman–Crippen LogP) is 0.416. The van der Waals surface area contributed by atoms with Crippen LogP contribution < -0.4 is 0 Å². The van der Waals surface area contributed by atoms with Crippen molar-refractivity contribution < 1.29 is 14.1 Å². The molecule has 1 atom stereocenters. The molecule has 0 aliphatic carbocycles. The summed E-state index contributed by atoms with van der Waals surface area (Å²) in [6.45, 7) is 6.69. The molecule has 26 heavy (non-hydrogen) atoms. The second-order valence-electron chi connectivity index (χ2n) is 7.29. The topological polar surface area (TPSA) is 86.0 Å². The first-order valence-corrected chi connectivity index (χ1v) is 9.20. The average Bonchev–Trinajstić information content (AvgIpc) is 3.06. The zero-order valence-corrected chi connectivity index (χ0v) is 15.8. The summed E-state index contributed by atoms with van der Waals surface area (Å²) < 4.78 is 5.00. The second kappa shape index (κ2) is 8.03. The van der Waals surface area contributed by atoms with Gasteiger partial charge in [-0.3, -0.25) is 9.69 Å². The van der Waals surface area contributed by atoms with Crippen molar-refractivity contribution in [2.45, 2.75) is 26.3 Å². The maximum absolute atomic E-state index is 12.9. The minimum atomic E-state index is -0.0842. The highest BCUT2D eigenvalue weighted by Gasteiger charge is 2.33. The molecular formula is C17H28N6O3. The zero-order valence-electron chi connectivity index (χ0n) is 15.8. The summed E-state index contributed by atoms with van der Waals surface area (Å²) in [5.74, 6) is 1.35. The van der Waals surface area contributed by atoms with E-state index in [9.17, 15) is 9.59 Å². The molecule has 2 aliphatic rings. The van der Waals surface area contributed by atoms with Crippen LogP contribution in [0.1, 0.15) is 24.6 Å². The normalized spacial score (nSPS) is 21.7. The number of likely N-dealkylation sites (tertiary alicyclic amines) is 1. The van der Waals surface area contributed by atoms with E-state index in [-0.39, 0.29) is 17.9 Å². The molecule has 9 nitrogen and oxygen atoms in total. The maximum Gasteiger partial charge on any atom is 0.319 e. The second-order valence-corrected chi connectivity index (χ2v) is 7.29. The first-order chi connectivity index (χ1) is 12.4. The smallest absolute Gasteiger partial charge is 0.319 e. The van der Waals surface area contributed by atoms with Gasteiger partial charge in [0, 0.05) is 60.3 Å². The summed E-state index contributed by atoms with van der Waals surface area (Å²) in [4.78, 5) is 36.8. The number of piperidine rings is 1. The van der Waals surface area contributed by atoms with Gasteiger partial charge in [-0.25, -0.2) is 4.79 Å². The predicted molar refractivity (Wildman–Crippen MR) is 94.3 cm³/mol. The SMILES string of the molecule is Cc1nc(CN2CCN(C(=O)C3CCCN(C(=O)N(C)C)C3)CC2)no1. The Labute approximate surface area is 153 Å². The van der Waals surface area contributed by atoms with Gasteiger partial charge in [0.25, 0.3) is 0 Å². The standard InChI is InChI=1S/C17H28N6O3/c1-13-18-15(19-26-13)12-21-7-9-22(10-8-21)16(24)14-5-4-6-23(11-14)17(25)20(2)3/h14H,4-12H2,1-3H3. The van der Waals surface area contributed by atoms with Crippen LogP contribution in [0.2, 0.25) is 0 Å². The van der Waals surface area contributed by atoms with Crippen LogP contribution in [0.15, 0.2) is 4.52 Å². The number of piperazine rings is 1. The Hall–Kier alpha value is -2.16. The van der Waals surface area contributed by atoms with Crippen molar-refractivity contribution in [3.8, 4) is 0 Å². The Balaban J connectivity index is 1.49. The molecule has 1 unspecified atom stereocenters. The van der Waals surface area contributed by atoms with Crippen molar-refractivity contribution in [1.82, 2.24) is 29.7 Å². The lowest BCUT2D eigenvalue weighted by Crippen LogP contribution is -2.53. The summed E-state index contributed by atoms with van der Waals surface area (Å²) in [6.07, 6.45) is 1.74. The maximum atomic E-state index is 12.9. The largest absolute Gasteiger partial charge is 0.340 e. The monoisotopic (exact) mass is 364 g/mol. The van der Waals surface area contributed by atoms with Gasteiger partial charge in [-0.2, -0.15) is 4.98 Å². The number of aromatic nitrogens is 2. The Kier molecular flexibility index (Phi) is 5.75. The van der Waals surface area contributed by atoms with E-state index in [1.54, 1.807) is 30.8 Å². The zero-order chi connectivity index (χ0) is 18.7. The van der Waals surface area contributed by atoms with Crippen LogP contribution in [0.4, 0.5) is 4.79 Å². The summed E-state index contributed by atoms with van der Waals surface area (Å²) >= 11 is 0. The van der Waals surface area contributed by atoms with Crippen LogP contribution in [0.5, 0.6) is 0 Å². The molecular weight excluding hydrogens is 336 g/mol. The van der Waals surface area contributed by atoms with Crippen LogP contribution in [-0.4, -0.2) is 95.0 Å². The van der Waals surface area contributed by atoms with Crippen LogP contribution >= 0.6 is 0 Å². The number of nitrogens with zero attached hydrogens (tertiary/aromatic N) is 6. The van der Waals surface area contributed by atoms with Crippen molar-refractivity contribution in [3.05, 3.63) is 11.7 Å². The quantitative estimate of drug-likeness (QED) is 0.772. The van der Waals surface area contributed by atoms with Crippen molar-refractivity contribution >= 4 is 11.9 Å². The summed E-state index contributed by atoms with van der Waals surface area (Å²) in [6, 6.07) is -0.0114. The Bertz CT molecular complexity index is 638. The van der Waals surface area contributed by atoms with E-state index >= 15 is 0 Å². The molecule has 0 aromatic carbocycles. The lowest BCUT2D eigenvalue weighted by atomic mass is 9.96. The van der Waals surface area contributed by atoms with E-state index in [2.05, 4.69) is 15.0 Å². The van der Waals surface area contributed by atoms with Crippen molar-refractivity contribution in [3.63, 3.8) is 0 Å². The van der Waals surface area contributed by atoms with Gasteiger partial charge in [-0.1, -0.05) is 5.16 Å². The number of amides is 3. The molecule has 0 saturated carbocycles. The molecule has 9 heteroatoms. The summed E-state index contributed by atoms with van der Waals surface area (Å²) in [5.41, 5.74) is 0. The lowest BCUT2D eigenvalue weighted by Gasteiger charge is -2.39. The summed E-state index contributed by atoms with van der Waals surface area (Å²) in [7, 11) is 3.50. The third-order valence-electron chi connectivity index (χ3n) is 5.04. The number of aryl methyl sites for hydroxylation is 1. The molecule has 2 fully saturated rings. The van der Waals surface area contributed by atoms with Gasteiger partial charge < -0.3 is 19.2 Å². The van der Waals surface area contributed by atoms with Crippen LogP contribution in [0, 0.1) is 12.8 Å². The van der Waals surface area contributed by atoms with Crippen molar-refractivity contribution in [2.24, 2.45) is 5.92 Å². The average molecular weight is 364 g/mol. The van der Waals surface area contributed by atoms with E-state index in [1.165, 1.54) is 0 Å². The number of hydrogen-bond acceptors (Lipinski definition) is 6. The molecule has 0 bridgehead atoms. The number of urea groups is 1. The van der Waals surface area contributed by atoms with Gasteiger partial charge in [0.2, 0.25) is 11.8 Å². The molecule has 2 aliphatic heterocycles. The molecule has 0 N–H and O–H groups in total. The molecule has 0 spiro atoms. The number of hydrogen-bond donors (Lipinski definition) is 0. The van der Waals surface area contributed by atoms with Crippen molar-refractivity contribution in [2.75, 3.05) is 53.4 Å². The number of carbonyl (C=O) groups is 2. The van der Waals surface area contributed by atoms with Gasteiger partial charge >= 0.3 is 6.03 Å². The summed E-state index contributed by atoms with van der Waals surface area (Å²) in [5, 5.41) is 3.93. The molecule has 1 aromatic heterocycles. The van der Waals surface area contributed by atoms with Gasteiger partial charge in [-0.05, 0) is 12.8 Å². The van der Waals surface area contributed by atoms with Gasteiger partial charge in [0.1, 0.15) is 0 Å². The minimum Gasteiger partial charge on any atom is -0.340 e. The lowest BCUT2D eigenvalue weighted by molar-refractivity contribution is -0.138. The van der Waals surface area contributed by atoms with Gasteiger partial charge in [-0.15, -0.1) is 0 Å². The molecule has 2 saturated heterocycles. The minimum absolute atomic E-state index is 0.0114. The molecule has 3 rings (SSSR count). The highest BCUT2D eigenvalue weighted by Crippen LogP contribution is 2.20. The van der Waals surface area contributed by atoms with E-state index in [1.807, 2.05) is 4.90 Å². The highest BCUT2D eigenvalue weighted by molar-refractivity contribution is 5.81. The fraction of sp³-hybridized carbons (Fsp3) is 0.765. The number of rotatable bonds is 3. The van der Waals surface area contributed by atoms with Crippen molar-refractivity contribution in [1.29, 1.82) is 0 Å². The van der Waals surface area contributed by atoms with E-state index in [0.717, 1.165) is 32.5 Å². The van der Waals surface area contributed by atoms with Gasteiger partial charge in [0.05, 0.1) is 12.5 Å². The van der Waals surface area contributed by atoms with Crippen LogP contribution in [0.3, 0.4) is 0 Å². The third-order valence-corrected chi connectivity index (χ3v) is 5.04. The van der Waals surface area contributed by atoms with E-state index in [4.69, 9.17) is 4.52 Å². The fourth-order valence-corrected chi connectivity index (χ4v) is 3.63. The van der Waals surface area contributed by atoms with E-state index in [0.29, 0.717) is 37.9 Å². The number of carbonyl (C=O) groups excluding carboxylic acids is 2.